The molecule has 0 atom stereocenters. The van der Waals surface area contributed by atoms with E-state index in [0.717, 1.165) is 11.6 Å². The molecule has 0 bridgehead atoms. The number of hydrogen-bond donors (Lipinski definition) is 0. The molecule has 60 valence electrons. The maximum atomic E-state index is 4.00. The summed E-state index contributed by atoms with van der Waals surface area (Å²) in [5.74, 6) is 0.798. The van der Waals surface area contributed by atoms with Gasteiger partial charge in [0.1, 0.15) is 6.33 Å². The van der Waals surface area contributed by atoms with Crippen molar-refractivity contribution in [3.05, 3.63) is 30.2 Å². The van der Waals surface area contributed by atoms with Gasteiger partial charge in [-0.25, -0.2) is 0 Å². The first kappa shape index (κ1) is 6.17. The van der Waals surface area contributed by atoms with Crippen LogP contribution < -0.4 is 0 Å². The lowest BCUT2D eigenvalue weighted by atomic mass is 10.2. The zero-order valence-corrected chi connectivity index (χ0v) is 6.64. The van der Waals surface area contributed by atoms with Crippen LogP contribution in [-0.2, 0) is 0 Å². The van der Waals surface area contributed by atoms with E-state index in [1.807, 2.05) is 10.6 Å². The third-order valence-electron chi connectivity index (χ3n) is 2.37. The molecule has 2 aromatic heterocycles. The smallest absolute Gasteiger partial charge is 0.160 e. The second kappa shape index (κ2) is 2.06. The summed E-state index contributed by atoms with van der Waals surface area (Å²) in [6, 6.07) is 4.29. The van der Waals surface area contributed by atoms with Gasteiger partial charge in [0.25, 0.3) is 0 Å². The van der Waals surface area contributed by atoms with E-state index in [1.165, 1.54) is 18.4 Å². The van der Waals surface area contributed by atoms with Crippen LogP contribution in [-0.4, -0.2) is 14.6 Å². The highest BCUT2D eigenvalue weighted by Crippen LogP contribution is 2.39. The van der Waals surface area contributed by atoms with Gasteiger partial charge in [-0.2, -0.15) is 0 Å². The Morgan fingerprint density at radius 3 is 3.17 bits per heavy atom. The number of nitrogens with zero attached hydrogens (tertiary/aromatic N) is 3. The van der Waals surface area contributed by atoms with Gasteiger partial charge in [0.15, 0.2) is 5.65 Å². The largest absolute Gasteiger partial charge is 0.289 e. The lowest BCUT2D eigenvalue weighted by molar-refractivity contribution is 1.09. The highest BCUT2D eigenvalue weighted by atomic mass is 15.2. The van der Waals surface area contributed by atoms with Crippen LogP contribution in [0.5, 0.6) is 0 Å². The summed E-state index contributed by atoms with van der Waals surface area (Å²) < 4.78 is 1.94. The summed E-state index contributed by atoms with van der Waals surface area (Å²) in [4.78, 5) is 0. The van der Waals surface area contributed by atoms with Crippen molar-refractivity contribution in [3.63, 3.8) is 0 Å². The lowest BCUT2D eigenvalue weighted by Crippen LogP contribution is -1.85. The minimum atomic E-state index is 0.798. The number of hydrogen-bond acceptors (Lipinski definition) is 2. The monoisotopic (exact) mass is 159 g/mol. The molecule has 1 saturated carbocycles. The second-order valence-corrected chi connectivity index (χ2v) is 3.33. The molecule has 0 spiro atoms. The van der Waals surface area contributed by atoms with Crippen LogP contribution in [0.1, 0.15) is 24.3 Å². The van der Waals surface area contributed by atoms with E-state index < -0.39 is 0 Å². The molecule has 1 aliphatic carbocycles. The van der Waals surface area contributed by atoms with E-state index >= 15 is 0 Å². The van der Waals surface area contributed by atoms with E-state index in [4.69, 9.17) is 0 Å². The Hall–Kier alpha value is -1.38. The molecule has 2 aromatic rings. The standard InChI is InChI=1S/C9H9N3/c1-2-7(1)8-3-4-12-6-10-11-9(12)5-8/h3-7H,1-2H2. The van der Waals surface area contributed by atoms with Crippen molar-refractivity contribution in [2.75, 3.05) is 0 Å². The Labute approximate surface area is 70.0 Å². The van der Waals surface area contributed by atoms with E-state index in [1.54, 1.807) is 6.33 Å². The van der Waals surface area contributed by atoms with Crippen molar-refractivity contribution in [2.45, 2.75) is 18.8 Å². The predicted molar refractivity (Wildman–Crippen MR) is 45.0 cm³/mol. The van der Waals surface area contributed by atoms with Crippen LogP contribution in [0.4, 0.5) is 0 Å². The predicted octanol–water partition coefficient (Wildman–Crippen LogP) is 1.61. The van der Waals surface area contributed by atoms with Crippen molar-refractivity contribution in [1.29, 1.82) is 0 Å². The van der Waals surface area contributed by atoms with Crippen molar-refractivity contribution in [3.8, 4) is 0 Å². The number of aromatic nitrogens is 3. The van der Waals surface area contributed by atoms with Crippen LogP contribution in [0.3, 0.4) is 0 Å². The SMILES string of the molecule is c1cn2cnnc2cc1C1CC1. The fourth-order valence-electron chi connectivity index (χ4n) is 1.50. The Balaban J connectivity index is 2.21. The quantitative estimate of drug-likeness (QED) is 0.632. The van der Waals surface area contributed by atoms with Gasteiger partial charge < -0.3 is 0 Å². The summed E-state index contributed by atoms with van der Waals surface area (Å²) in [5.41, 5.74) is 2.37. The molecule has 1 aliphatic rings. The average molecular weight is 159 g/mol. The van der Waals surface area contributed by atoms with Crippen LogP contribution in [0.25, 0.3) is 5.65 Å². The third-order valence-corrected chi connectivity index (χ3v) is 2.37. The fourth-order valence-corrected chi connectivity index (χ4v) is 1.50. The van der Waals surface area contributed by atoms with E-state index in [-0.39, 0.29) is 0 Å². The zero-order valence-electron chi connectivity index (χ0n) is 6.64. The lowest BCUT2D eigenvalue weighted by Gasteiger charge is -1.96. The van der Waals surface area contributed by atoms with Crippen molar-refractivity contribution in [1.82, 2.24) is 14.6 Å². The molecular formula is C9H9N3. The molecule has 3 nitrogen and oxygen atoms in total. The molecule has 0 unspecified atom stereocenters. The van der Waals surface area contributed by atoms with E-state index in [0.29, 0.717) is 0 Å². The highest BCUT2D eigenvalue weighted by molar-refractivity contribution is 5.41. The first-order valence-corrected chi connectivity index (χ1v) is 4.23. The van der Waals surface area contributed by atoms with Gasteiger partial charge in [-0.3, -0.25) is 4.40 Å². The molecule has 12 heavy (non-hydrogen) atoms. The first-order valence-electron chi connectivity index (χ1n) is 4.23. The Kier molecular flexibility index (Phi) is 1.06. The molecular weight excluding hydrogens is 150 g/mol. The first-order chi connectivity index (χ1) is 5.93. The van der Waals surface area contributed by atoms with Gasteiger partial charge in [-0.05, 0) is 36.5 Å². The molecule has 3 rings (SSSR count). The van der Waals surface area contributed by atoms with Gasteiger partial charge in [0.2, 0.25) is 0 Å². The molecule has 0 aliphatic heterocycles. The van der Waals surface area contributed by atoms with E-state index in [9.17, 15) is 0 Å². The number of pyridine rings is 1. The molecule has 0 amide bonds. The molecule has 0 saturated heterocycles. The fraction of sp³-hybridized carbons (Fsp3) is 0.333. The van der Waals surface area contributed by atoms with Gasteiger partial charge in [-0.1, -0.05) is 0 Å². The number of rotatable bonds is 1. The molecule has 0 aromatic carbocycles. The highest BCUT2D eigenvalue weighted by Gasteiger charge is 2.23. The molecule has 2 heterocycles. The summed E-state index contributed by atoms with van der Waals surface area (Å²) in [6.45, 7) is 0. The van der Waals surface area contributed by atoms with Gasteiger partial charge in [-0.15, -0.1) is 10.2 Å². The third kappa shape index (κ3) is 0.826. The summed E-state index contributed by atoms with van der Waals surface area (Å²) in [7, 11) is 0. The van der Waals surface area contributed by atoms with Crippen LogP contribution >= 0.6 is 0 Å². The maximum absolute atomic E-state index is 4.00. The zero-order chi connectivity index (χ0) is 7.97. The Bertz CT molecular complexity index is 414. The van der Waals surface area contributed by atoms with Crippen LogP contribution in [0.15, 0.2) is 24.7 Å². The van der Waals surface area contributed by atoms with Gasteiger partial charge in [0, 0.05) is 6.20 Å². The minimum Gasteiger partial charge on any atom is -0.289 e. The van der Waals surface area contributed by atoms with E-state index in [2.05, 4.69) is 22.3 Å². The normalized spacial score (nSPS) is 17.0. The number of fused-ring (bicyclic) bond motifs is 1. The van der Waals surface area contributed by atoms with Crippen LogP contribution in [0.2, 0.25) is 0 Å². The van der Waals surface area contributed by atoms with Crippen LogP contribution in [0, 0.1) is 0 Å². The van der Waals surface area contributed by atoms with Crippen molar-refractivity contribution >= 4 is 5.65 Å². The summed E-state index contributed by atoms with van der Waals surface area (Å²) in [5, 5.41) is 7.84. The Morgan fingerprint density at radius 2 is 2.33 bits per heavy atom. The topological polar surface area (TPSA) is 30.2 Å². The molecule has 0 radical (unpaired) electrons. The Morgan fingerprint density at radius 1 is 1.42 bits per heavy atom. The summed E-state index contributed by atoms with van der Waals surface area (Å²) in [6.07, 6.45) is 6.43. The summed E-state index contributed by atoms with van der Waals surface area (Å²) >= 11 is 0. The van der Waals surface area contributed by atoms with Crippen molar-refractivity contribution in [2.24, 2.45) is 0 Å². The van der Waals surface area contributed by atoms with Crippen molar-refractivity contribution < 1.29 is 0 Å². The molecule has 1 fully saturated rings. The van der Waals surface area contributed by atoms with Gasteiger partial charge >= 0.3 is 0 Å². The molecule has 3 heteroatoms. The molecule has 0 N–H and O–H groups in total. The van der Waals surface area contributed by atoms with Gasteiger partial charge in [0.05, 0.1) is 0 Å². The average Bonchev–Trinajstić information content (AvgIpc) is 2.84. The second-order valence-electron chi connectivity index (χ2n) is 3.33. The maximum Gasteiger partial charge on any atom is 0.160 e. The minimum absolute atomic E-state index is 0.798.